The van der Waals surface area contributed by atoms with Crippen molar-refractivity contribution in [3.05, 3.63) is 29.5 Å². The lowest BCUT2D eigenvalue weighted by molar-refractivity contribution is -0.129. The average Bonchev–Trinajstić information content (AvgIpc) is 3.33. The van der Waals surface area contributed by atoms with Gasteiger partial charge in [-0.15, -0.1) is 11.3 Å². The van der Waals surface area contributed by atoms with E-state index < -0.39 is 0 Å². The smallest absolute Gasteiger partial charge is 0.225 e. The van der Waals surface area contributed by atoms with Gasteiger partial charge in [-0.05, 0) is 11.4 Å². The minimum absolute atomic E-state index is 0.0192. The molecular formula is C17H22N4O3S. The minimum Gasteiger partial charge on any atom is -0.383 e. The van der Waals surface area contributed by atoms with Crippen molar-refractivity contribution in [3.8, 4) is 10.6 Å². The normalized spacial score (nSPS) is 17.2. The van der Waals surface area contributed by atoms with Crippen LogP contribution in [0.15, 0.2) is 23.8 Å². The van der Waals surface area contributed by atoms with Crippen molar-refractivity contribution in [3.63, 3.8) is 0 Å². The van der Waals surface area contributed by atoms with Crippen molar-refractivity contribution in [2.24, 2.45) is 5.92 Å². The highest BCUT2D eigenvalue weighted by molar-refractivity contribution is 7.13. The molecule has 0 spiro atoms. The Morgan fingerprint density at radius 1 is 1.56 bits per heavy atom. The molecule has 2 N–H and O–H groups in total. The molecule has 1 atom stereocenters. The van der Waals surface area contributed by atoms with E-state index in [1.807, 2.05) is 17.5 Å². The molecule has 1 fully saturated rings. The lowest BCUT2D eigenvalue weighted by Crippen LogP contribution is -2.35. The van der Waals surface area contributed by atoms with E-state index in [2.05, 4.69) is 15.3 Å². The second-order valence-corrected chi connectivity index (χ2v) is 6.93. The Bertz CT molecular complexity index is 713. The number of H-pyrrole nitrogens is 1. The largest absolute Gasteiger partial charge is 0.383 e. The number of nitrogens with one attached hydrogen (secondary N) is 2. The summed E-state index contributed by atoms with van der Waals surface area (Å²) in [6.07, 6.45) is 2.63. The van der Waals surface area contributed by atoms with Gasteiger partial charge in [0.05, 0.1) is 23.7 Å². The van der Waals surface area contributed by atoms with E-state index in [-0.39, 0.29) is 24.2 Å². The summed E-state index contributed by atoms with van der Waals surface area (Å²) in [7, 11) is 1.60. The molecule has 3 heterocycles. The van der Waals surface area contributed by atoms with Crippen molar-refractivity contribution in [2.45, 2.75) is 12.8 Å². The molecule has 1 unspecified atom stereocenters. The summed E-state index contributed by atoms with van der Waals surface area (Å²) in [5.74, 6) is -0.320. The molecule has 2 aromatic heterocycles. The summed E-state index contributed by atoms with van der Waals surface area (Å²) < 4.78 is 4.99. The number of hydrogen-bond donors (Lipinski definition) is 2. The van der Waals surface area contributed by atoms with Crippen LogP contribution >= 0.6 is 11.3 Å². The van der Waals surface area contributed by atoms with Crippen LogP contribution in [0.3, 0.4) is 0 Å². The molecule has 2 aromatic rings. The molecule has 25 heavy (non-hydrogen) atoms. The maximum atomic E-state index is 12.3. The number of ether oxygens (including phenoxy) is 1. The number of aromatic amines is 1. The van der Waals surface area contributed by atoms with Gasteiger partial charge in [-0.25, -0.2) is 4.98 Å². The van der Waals surface area contributed by atoms with Gasteiger partial charge in [0.2, 0.25) is 11.8 Å². The summed E-state index contributed by atoms with van der Waals surface area (Å²) in [6, 6.07) is 4.02. The van der Waals surface area contributed by atoms with Gasteiger partial charge in [0.25, 0.3) is 0 Å². The van der Waals surface area contributed by atoms with Crippen LogP contribution in [-0.2, 0) is 20.7 Å². The number of rotatable bonds is 8. The molecule has 0 radical (unpaired) electrons. The molecule has 8 heteroatoms. The van der Waals surface area contributed by atoms with E-state index in [0.29, 0.717) is 32.7 Å². The Morgan fingerprint density at radius 2 is 2.44 bits per heavy atom. The van der Waals surface area contributed by atoms with Crippen LogP contribution in [0.25, 0.3) is 10.6 Å². The third-order valence-electron chi connectivity index (χ3n) is 4.30. The van der Waals surface area contributed by atoms with Crippen molar-refractivity contribution < 1.29 is 14.3 Å². The molecule has 1 aliphatic rings. The Labute approximate surface area is 150 Å². The standard InChI is InChI=1S/C17H22N4O3S/c1-24-7-6-21-10-12(9-15(21)22)17(23)18-5-4-13-16(20-11-19-13)14-3-2-8-25-14/h2-3,8,11-12H,4-7,9-10H2,1H3,(H,18,23)(H,19,20). The van der Waals surface area contributed by atoms with Gasteiger partial charge in [0, 0.05) is 45.3 Å². The predicted molar refractivity (Wildman–Crippen MR) is 95.2 cm³/mol. The van der Waals surface area contributed by atoms with Gasteiger partial charge >= 0.3 is 0 Å². The first kappa shape index (κ1) is 17.6. The van der Waals surface area contributed by atoms with Crippen molar-refractivity contribution in [2.75, 3.05) is 33.4 Å². The van der Waals surface area contributed by atoms with E-state index >= 15 is 0 Å². The van der Waals surface area contributed by atoms with Crippen LogP contribution in [-0.4, -0.2) is 60.0 Å². The molecule has 0 aliphatic carbocycles. The number of amides is 2. The minimum atomic E-state index is -0.275. The molecule has 134 valence electrons. The quantitative estimate of drug-likeness (QED) is 0.741. The zero-order valence-corrected chi connectivity index (χ0v) is 15.0. The van der Waals surface area contributed by atoms with E-state index in [1.54, 1.807) is 29.7 Å². The van der Waals surface area contributed by atoms with Gasteiger partial charge in [0.1, 0.15) is 5.69 Å². The third-order valence-corrected chi connectivity index (χ3v) is 5.17. The molecule has 2 amide bonds. The van der Waals surface area contributed by atoms with Crippen LogP contribution in [0.4, 0.5) is 0 Å². The molecule has 0 bridgehead atoms. The number of methoxy groups -OCH3 is 1. The second-order valence-electron chi connectivity index (χ2n) is 5.98. The number of nitrogens with zero attached hydrogens (tertiary/aromatic N) is 2. The van der Waals surface area contributed by atoms with Gasteiger partial charge in [-0.1, -0.05) is 6.07 Å². The number of carbonyl (C=O) groups is 2. The van der Waals surface area contributed by atoms with Crippen LogP contribution in [0.2, 0.25) is 0 Å². The van der Waals surface area contributed by atoms with E-state index in [9.17, 15) is 9.59 Å². The van der Waals surface area contributed by atoms with E-state index in [4.69, 9.17) is 4.74 Å². The Kier molecular flexibility index (Phi) is 5.83. The summed E-state index contributed by atoms with van der Waals surface area (Å²) in [5, 5.41) is 4.96. The molecule has 0 aromatic carbocycles. The van der Waals surface area contributed by atoms with Crippen LogP contribution in [0.1, 0.15) is 12.1 Å². The Hall–Kier alpha value is -2.19. The van der Waals surface area contributed by atoms with Crippen molar-refractivity contribution in [1.82, 2.24) is 20.2 Å². The molecular weight excluding hydrogens is 340 g/mol. The fourth-order valence-electron chi connectivity index (χ4n) is 2.96. The first-order valence-electron chi connectivity index (χ1n) is 8.29. The van der Waals surface area contributed by atoms with Gasteiger partial charge in [0.15, 0.2) is 0 Å². The molecule has 1 aliphatic heterocycles. The first-order valence-corrected chi connectivity index (χ1v) is 9.17. The van der Waals surface area contributed by atoms with Crippen LogP contribution in [0, 0.1) is 5.92 Å². The monoisotopic (exact) mass is 362 g/mol. The van der Waals surface area contributed by atoms with Crippen LogP contribution < -0.4 is 5.32 Å². The third kappa shape index (κ3) is 4.26. The maximum Gasteiger partial charge on any atom is 0.225 e. The second kappa shape index (κ2) is 8.26. The number of aromatic nitrogens is 2. The van der Waals surface area contributed by atoms with E-state index in [0.717, 1.165) is 16.3 Å². The fraction of sp³-hybridized carbons (Fsp3) is 0.471. The van der Waals surface area contributed by atoms with Gasteiger partial charge in [-0.2, -0.15) is 0 Å². The van der Waals surface area contributed by atoms with E-state index in [1.165, 1.54) is 0 Å². The lowest BCUT2D eigenvalue weighted by Gasteiger charge is -2.15. The Balaban J connectivity index is 1.48. The maximum absolute atomic E-state index is 12.3. The fourth-order valence-corrected chi connectivity index (χ4v) is 3.71. The summed E-state index contributed by atoms with van der Waals surface area (Å²) in [6.45, 7) is 2.02. The number of imidazole rings is 1. The zero-order valence-electron chi connectivity index (χ0n) is 14.2. The summed E-state index contributed by atoms with van der Waals surface area (Å²) in [4.78, 5) is 34.5. The van der Waals surface area contributed by atoms with Crippen molar-refractivity contribution >= 4 is 23.2 Å². The predicted octanol–water partition coefficient (Wildman–Crippen LogP) is 1.29. The molecule has 1 saturated heterocycles. The first-order chi connectivity index (χ1) is 12.2. The molecule has 7 nitrogen and oxygen atoms in total. The highest BCUT2D eigenvalue weighted by Crippen LogP contribution is 2.25. The highest BCUT2D eigenvalue weighted by atomic mass is 32.1. The number of likely N-dealkylation sites (tertiary alicyclic amines) is 1. The van der Waals surface area contributed by atoms with Crippen LogP contribution in [0.5, 0.6) is 0 Å². The van der Waals surface area contributed by atoms with Gasteiger partial charge in [-0.3, -0.25) is 9.59 Å². The molecule has 0 saturated carbocycles. The number of carbonyl (C=O) groups excluding carboxylic acids is 2. The lowest BCUT2D eigenvalue weighted by atomic mass is 10.1. The highest BCUT2D eigenvalue weighted by Gasteiger charge is 2.33. The SMILES string of the molecule is COCCN1CC(C(=O)NCCc2[nH]cnc2-c2cccs2)CC1=O. The summed E-state index contributed by atoms with van der Waals surface area (Å²) >= 11 is 1.64. The van der Waals surface area contributed by atoms with Crippen molar-refractivity contribution in [1.29, 1.82) is 0 Å². The number of hydrogen-bond acceptors (Lipinski definition) is 5. The Morgan fingerprint density at radius 3 is 3.20 bits per heavy atom. The van der Waals surface area contributed by atoms with Gasteiger partial charge < -0.3 is 19.9 Å². The topological polar surface area (TPSA) is 87.3 Å². The number of thiophene rings is 1. The summed E-state index contributed by atoms with van der Waals surface area (Å²) in [5.41, 5.74) is 1.94. The average molecular weight is 362 g/mol. The zero-order chi connectivity index (χ0) is 17.6. The molecule has 3 rings (SSSR count).